The lowest BCUT2D eigenvalue weighted by Gasteiger charge is -2.36. The minimum absolute atomic E-state index is 0.219. The van der Waals surface area contributed by atoms with E-state index in [4.69, 9.17) is 31.8 Å². The van der Waals surface area contributed by atoms with Crippen molar-refractivity contribution in [3.8, 4) is 24.7 Å². The van der Waals surface area contributed by atoms with Gasteiger partial charge in [0.2, 0.25) is 35.8 Å². The third-order valence-electron chi connectivity index (χ3n) is 14.5. The van der Waals surface area contributed by atoms with Gasteiger partial charge in [-0.15, -0.1) is 24.7 Å². The third-order valence-corrected chi connectivity index (χ3v) is 14.5. The highest BCUT2D eigenvalue weighted by Crippen LogP contribution is 2.25. The average Bonchev–Trinajstić information content (AvgIpc) is 3.35. The summed E-state index contributed by atoms with van der Waals surface area (Å²) in [6, 6.07) is -6.72. The van der Waals surface area contributed by atoms with Gasteiger partial charge in [-0.2, -0.15) is 0 Å². The van der Waals surface area contributed by atoms with Crippen LogP contribution >= 0.6 is 0 Å². The molecule has 1 aliphatic heterocycles. The summed E-state index contributed by atoms with van der Waals surface area (Å²) in [4.78, 5) is 146. The largest absolute Gasteiger partial charge is 0.449 e. The van der Waals surface area contributed by atoms with Crippen LogP contribution in [0.3, 0.4) is 0 Å². The zero-order valence-electron chi connectivity index (χ0n) is 51.6. The first-order valence-corrected chi connectivity index (χ1v) is 28.5. The predicted molar refractivity (Wildman–Crippen MR) is 303 cm³/mol. The third kappa shape index (κ3) is 20.7. The van der Waals surface area contributed by atoms with Gasteiger partial charge >= 0.3 is 23.9 Å². The van der Waals surface area contributed by atoms with Crippen LogP contribution in [0.4, 0.5) is 0 Å². The van der Waals surface area contributed by atoms with Crippen LogP contribution in [0.25, 0.3) is 0 Å². The smallest absolute Gasteiger partial charge is 0.348 e. The molecule has 20 nitrogen and oxygen atoms in total. The van der Waals surface area contributed by atoms with Gasteiger partial charge in [0.05, 0.1) is 11.8 Å². The Labute approximate surface area is 477 Å². The molecule has 0 aromatic rings. The quantitative estimate of drug-likeness (QED) is 0.0738. The molecule has 0 bridgehead atoms. The van der Waals surface area contributed by atoms with Crippen molar-refractivity contribution >= 4 is 59.3 Å². The summed E-state index contributed by atoms with van der Waals surface area (Å²) in [6.45, 7) is 29.7. The van der Waals surface area contributed by atoms with E-state index in [9.17, 15) is 47.9 Å². The van der Waals surface area contributed by atoms with Crippen LogP contribution in [-0.4, -0.2) is 144 Å². The second kappa shape index (κ2) is 33.5. The molecule has 1 aliphatic rings. The SMILES string of the molecule is C#CCCCC1NC(=O)C(C(C)C)NC(=O)[C@H](C(C)C)OC(=O)C(C(C)C)OC(=O)[C@@H](C(C)C)N(C)C(=O)[C@@H](C)[C@H](CCCC#C)NC(=O)[C@H](C(C)C)NC(=O)[C@H](C(C)C)OC(=O)[C@H](C(C)C)OC(=O)C(C(C)C)N(C)C(=O)[C@H]1C. The van der Waals surface area contributed by atoms with Gasteiger partial charge in [-0.25, -0.2) is 19.2 Å². The van der Waals surface area contributed by atoms with Gasteiger partial charge in [-0.05, 0) is 61.2 Å². The lowest BCUT2D eigenvalue weighted by molar-refractivity contribution is -0.182. The second-order valence-corrected chi connectivity index (χ2v) is 24.1. The first-order valence-electron chi connectivity index (χ1n) is 28.5. The number of hydrogen-bond acceptors (Lipinski definition) is 14. The lowest BCUT2D eigenvalue weighted by atomic mass is 9.92. The van der Waals surface area contributed by atoms with E-state index in [1.165, 1.54) is 23.9 Å². The predicted octanol–water partition coefficient (Wildman–Crippen LogP) is 5.37. The fraction of sp³-hybridized carbons (Fsp3) is 0.767. The number of amides is 6. The van der Waals surface area contributed by atoms with E-state index in [0.29, 0.717) is 25.7 Å². The van der Waals surface area contributed by atoms with Crippen LogP contribution in [0.5, 0.6) is 0 Å². The highest BCUT2D eigenvalue weighted by Gasteiger charge is 2.44. The van der Waals surface area contributed by atoms with Gasteiger partial charge < -0.3 is 50.0 Å². The van der Waals surface area contributed by atoms with Crippen molar-refractivity contribution in [2.75, 3.05) is 14.1 Å². The molecular weight excluding hydrogens is 1030 g/mol. The fourth-order valence-electron chi connectivity index (χ4n) is 9.52. The van der Waals surface area contributed by atoms with Crippen molar-refractivity contribution in [1.29, 1.82) is 0 Å². The molecule has 1 saturated heterocycles. The number of ether oxygens (including phenoxy) is 4. The molecule has 0 aliphatic carbocycles. The van der Waals surface area contributed by atoms with Crippen molar-refractivity contribution in [2.24, 2.45) is 59.2 Å². The molecule has 0 saturated carbocycles. The first kappa shape index (κ1) is 71.8. The number of unbranched alkanes of at least 4 members (excludes halogenated alkanes) is 2. The highest BCUT2D eigenvalue weighted by atomic mass is 16.6. The molecule has 6 amide bonds. The topological polar surface area (TPSA) is 262 Å². The number of hydrogen-bond donors (Lipinski definition) is 4. The van der Waals surface area contributed by atoms with Crippen molar-refractivity contribution in [3.05, 3.63) is 0 Å². The van der Waals surface area contributed by atoms with Crippen molar-refractivity contribution < 1.29 is 66.9 Å². The van der Waals surface area contributed by atoms with E-state index >= 15 is 0 Å². The van der Waals surface area contributed by atoms with Crippen LogP contribution in [-0.2, 0) is 66.9 Å². The number of nitrogens with one attached hydrogen (secondary N) is 4. The Kier molecular flexibility index (Phi) is 30.1. The molecule has 80 heavy (non-hydrogen) atoms. The van der Waals surface area contributed by atoms with Gasteiger partial charge in [0.15, 0.2) is 12.2 Å². The molecule has 12 atom stereocenters. The van der Waals surface area contributed by atoms with Crippen LogP contribution in [0.15, 0.2) is 0 Å². The Morgan fingerprint density at radius 2 is 0.675 bits per heavy atom. The summed E-state index contributed by atoms with van der Waals surface area (Å²) in [5, 5.41) is 11.4. The number of cyclic esters (lactones) is 4. The average molecular weight is 1130 g/mol. The van der Waals surface area contributed by atoms with Crippen molar-refractivity contribution in [3.63, 3.8) is 0 Å². The van der Waals surface area contributed by atoms with Crippen LogP contribution in [0, 0.1) is 83.9 Å². The summed E-state index contributed by atoms with van der Waals surface area (Å²) >= 11 is 0. The summed E-state index contributed by atoms with van der Waals surface area (Å²) < 4.78 is 23.5. The number of terminal acetylenes is 2. The normalized spacial score (nSPS) is 27.9. The van der Waals surface area contributed by atoms with Crippen LogP contribution in [0.2, 0.25) is 0 Å². The van der Waals surface area contributed by atoms with E-state index in [1.807, 2.05) is 0 Å². The maximum atomic E-state index is 14.5. The lowest BCUT2D eigenvalue weighted by Crippen LogP contribution is -2.58. The highest BCUT2D eigenvalue weighted by molar-refractivity contribution is 5.94. The Morgan fingerprint density at radius 3 is 0.912 bits per heavy atom. The van der Waals surface area contributed by atoms with Crippen molar-refractivity contribution in [1.82, 2.24) is 31.1 Å². The van der Waals surface area contributed by atoms with E-state index in [0.717, 1.165) is 0 Å². The number of carbonyl (C=O) groups is 10. The number of rotatable bonds is 14. The van der Waals surface area contributed by atoms with E-state index in [1.54, 1.807) is 125 Å². The van der Waals surface area contributed by atoms with Gasteiger partial charge in [-0.3, -0.25) is 28.8 Å². The van der Waals surface area contributed by atoms with Crippen LogP contribution < -0.4 is 21.3 Å². The van der Waals surface area contributed by atoms with Crippen molar-refractivity contribution in [2.45, 2.75) is 224 Å². The Morgan fingerprint density at radius 1 is 0.400 bits per heavy atom. The maximum Gasteiger partial charge on any atom is 0.348 e. The molecule has 0 spiro atoms. The monoisotopic (exact) mass is 1130 g/mol. The van der Waals surface area contributed by atoms with E-state index in [-0.39, 0.29) is 12.8 Å². The standard InChI is InChI=1S/C60H98N6O14/c1-23-25-27-29-41-39(19)55(71)65(21)45(33(7)8)57(73)79-49(37(15)16)59(75)78-48(36(13)14)54(70)64-44(32(5)6)52(68)62-42(30-28-26-24-2)40(20)56(72)66(22)46(34(9)10)58(74)80-50(38(17)18)60(76)77-47(35(11)12)53(69)63-43(31(3)4)51(67)61-41/h1-2,31-50H,25-30H2,3-22H3,(H,61,67)(H,62,68)(H,63,69)(H,64,70)/t39-,40-,41-,42?,43-,44?,45+,46?,47-,48-,49?,50-/m0/s1. The Hall–Kier alpha value is -6.18. The number of carbonyl (C=O) groups excluding carboxylic acids is 10. The molecule has 0 radical (unpaired) electrons. The zero-order chi connectivity index (χ0) is 61.8. The summed E-state index contributed by atoms with van der Waals surface area (Å²) in [6.07, 6.45) is 6.96. The van der Waals surface area contributed by atoms with Gasteiger partial charge in [-0.1, -0.05) is 125 Å². The van der Waals surface area contributed by atoms with E-state index < -0.39 is 179 Å². The molecular formula is C60H98N6O14. The number of likely N-dealkylation sites (N-methyl/N-ethyl adjacent to an activating group) is 2. The number of esters is 4. The minimum Gasteiger partial charge on any atom is -0.449 e. The first-order chi connectivity index (χ1) is 37.1. The molecule has 4 unspecified atom stereocenters. The molecule has 4 N–H and O–H groups in total. The minimum atomic E-state index is -1.55. The molecule has 452 valence electrons. The number of nitrogens with zero attached hydrogens (tertiary/aromatic N) is 2. The van der Waals surface area contributed by atoms with Crippen LogP contribution in [0.1, 0.15) is 163 Å². The summed E-state index contributed by atoms with van der Waals surface area (Å²) in [5.41, 5.74) is 0. The Balaban J connectivity index is 4.19. The van der Waals surface area contributed by atoms with Gasteiger partial charge in [0, 0.05) is 50.9 Å². The summed E-state index contributed by atoms with van der Waals surface area (Å²) in [7, 11) is 2.82. The molecule has 1 rings (SSSR count). The fourth-order valence-corrected chi connectivity index (χ4v) is 9.52. The maximum absolute atomic E-state index is 14.5. The molecule has 0 aromatic heterocycles. The molecule has 1 heterocycles. The van der Waals surface area contributed by atoms with Gasteiger partial charge in [0.1, 0.15) is 24.2 Å². The van der Waals surface area contributed by atoms with E-state index in [2.05, 4.69) is 33.1 Å². The summed E-state index contributed by atoms with van der Waals surface area (Å²) in [5.74, 6) is -9.78. The Bertz CT molecular complexity index is 2060. The molecule has 0 aromatic carbocycles. The molecule has 1 fully saturated rings. The second-order valence-electron chi connectivity index (χ2n) is 24.1. The van der Waals surface area contributed by atoms with Gasteiger partial charge in [0.25, 0.3) is 11.8 Å². The molecule has 20 heteroatoms. The zero-order valence-corrected chi connectivity index (χ0v) is 51.6.